The Labute approximate surface area is 515 Å². The van der Waals surface area contributed by atoms with Crippen LogP contribution in [0.3, 0.4) is 0 Å². The van der Waals surface area contributed by atoms with Crippen LogP contribution in [-0.4, -0.2) is 37.2 Å². The summed E-state index contributed by atoms with van der Waals surface area (Å²) in [6.07, 6.45) is 94.7. The van der Waals surface area contributed by atoms with Gasteiger partial charge in [0.1, 0.15) is 13.2 Å². The van der Waals surface area contributed by atoms with E-state index in [1.165, 1.54) is 218 Å². The van der Waals surface area contributed by atoms with Crippen LogP contribution in [0.4, 0.5) is 0 Å². The van der Waals surface area contributed by atoms with Gasteiger partial charge in [0.2, 0.25) is 0 Å². The van der Waals surface area contributed by atoms with Crippen molar-refractivity contribution in [3.8, 4) is 0 Å². The van der Waals surface area contributed by atoms with E-state index in [1.54, 1.807) is 0 Å². The molecule has 0 heterocycles. The molecular weight excluding hydrogens is 1020 g/mol. The summed E-state index contributed by atoms with van der Waals surface area (Å²) in [6, 6.07) is 0. The molecular formula is C77H136O6. The first-order chi connectivity index (χ1) is 41.0. The minimum absolute atomic E-state index is 0.0790. The van der Waals surface area contributed by atoms with Crippen molar-refractivity contribution in [3.05, 3.63) is 85.1 Å². The summed E-state index contributed by atoms with van der Waals surface area (Å²) in [7, 11) is 0. The maximum absolute atomic E-state index is 13.0. The molecule has 0 aliphatic heterocycles. The number of allylic oxidation sites excluding steroid dienone is 14. The molecule has 6 heteroatoms. The van der Waals surface area contributed by atoms with Gasteiger partial charge in [-0.3, -0.25) is 14.4 Å². The van der Waals surface area contributed by atoms with E-state index in [2.05, 4.69) is 106 Å². The molecule has 0 bridgehead atoms. The van der Waals surface area contributed by atoms with Gasteiger partial charge in [-0.15, -0.1) is 0 Å². The molecule has 0 aromatic rings. The van der Waals surface area contributed by atoms with Crippen molar-refractivity contribution in [1.29, 1.82) is 0 Å². The summed E-state index contributed by atoms with van der Waals surface area (Å²) < 4.78 is 17.0. The van der Waals surface area contributed by atoms with Crippen molar-refractivity contribution >= 4 is 17.9 Å². The molecule has 0 saturated carbocycles. The van der Waals surface area contributed by atoms with Crippen LogP contribution in [0.2, 0.25) is 0 Å². The molecule has 0 aliphatic carbocycles. The van der Waals surface area contributed by atoms with Crippen molar-refractivity contribution in [2.75, 3.05) is 13.2 Å². The minimum atomic E-state index is -0.784. The van der Waals surface area contributed by atoms with E-state index in [-0.39, 0.29) is 31.1 Å². The Kier molecular flexibility index (Phi) is 68.2. The van der Waals surface area contributed by atoms with E-state index in [1.807, 2.05) is 0 Å². The Hall–Kier alpha value is -3.41. The minimum Gasteiger partial charge on any atom is -0.462 e. The molecule has 6 nitrogen and oxygen atoms in total. The van der Waals surface area contributed by atoms with Crippen molar-refractivity contribution < 1.29 is 28.6 Å². The molecule has 0 aromatic carbocycles. The van der Waals surface area contributed by atoms with Gasteiger partial charge < -0.3 is 14.2 Å². The quantitative estimate of drug-likeness (QED) is 0.0261. The molecule has 1 unspecified atom stereocenters. The molecule has 0 radical (unpaired) electrons. The molecule has 0 spiro atoms. The summed E-state index contributed by atoms with van der Waals surface area (Å²) >= 11 is 0. The van der Waals surface area contributed by atoms with Crippen molar-refractivity contribution in [1.82, 2.24) is 0 Å². The summed E-state index contributed by atoms with van der Waals surface area (Å²) in [4.78, 5) is 38.5. The van der Waals surface area contributed by atoms with Crippen LogP contribution >= 0.6 is 0 Å². The average Bonchev–Trinajstić information content (AvgIpc) is 3.49. The van der Waals surface area contributed by atoms with Gasteiger partial charge in [0.25, 0.3) is 0 Å². The van der Waals surface area contributed by atoms with E-state index in [4.69, 9.17) is 14.2 Å². The number of esters is 3. The van der Waals surface area contributed by atoms with Crippen molar-refractivity contribution in [3.63, 3.8) is 0 Å². The zero-order valence-electron chi connectivity index (χ0n) is 55.2. The molecule has 1 atom stereocenters. The predicted molar refractivity (Wildman–Crippen MR) is 362 cm³/mol. The van der Waals surface area contributed by atoms with Gasteiger partial charge in [-0.25, -0.2) is 0 Å². The third-order valence-corrected chi connectivity index (χ3v) is 15.9. The second-order valence-electron chi connectivity index (χ2n) is 24.1. The largest absolute Gasteiger partial charge is 0.462 e. The second-order valence-corrected chi connectivity index (χ2v) is 24.1. The fourth-order valence-electron chi connectivity index (χ4n) is 10.5. The Morgan fingerprint density at radius 3 is 0.759 bits per heavy atom. The maximum Gasteiger partial charge on any atom is 0.306 e. The summed E-state index contributed by atoms with van der Waals surface area (Å²) in [5.74, 6) is -0.874. The number of rotatable bonds is 66. The van der Waals surface area contributed by atoms with Crippen LogP contribution in [-0.2, 0) is 28.6 Å². The second kappa shape index (κ2) is 71.1. The third-order valence-electron chi connectivity index (χ3n) is 15.9. The molecule has 83 heavy (non-hydrogen) atoms. The van der Waals surface area contributed by atoms with Gasteiger partial charge >= 0.3 is 17.9 Å². The zero-order valence-corrected chi connectivity index (χ0v) is 55.2. The Morgan fingerprint density at radius 1 is 0.253 bits per heavy atom. The average molecular weight is 1160 g/mol. The molecule has 0 saturated heterocycles. The summed E-state index contributed by atoms with van der Waals surface area (Å²) in [5.41, 5.74) is 0. The summed E-state index contributed by atoms with van der Waals surface area (Å²) in [5, 5.41) is 0. The van der Waals surface area contributed by atoms with Gasteiger partial charge in [0.05, 0.1) is 0 Å². The van der Waals surface area contributed by atoms with E-state index < -0.39 is 6.10 Å². The number of carbonyl (C=O) groups excluding carboxylic acids is 3. The number of hydrogen-bond donors (Lipinski definition) is 0. The predicted octanol–water partition coefficient (Wildman–Crippen LogP) is 25.0. The fourth-order valence-corrected chi connectivity index (χ4v) is 10.5. The van der Waals surface area contributed by atoms with E-state index in [9.17, 15) is 14.4 Å². The van der Waals surface area contributed by atoms with Crippen LogP contribution in [0.1, 0.15) is 367 Å². The van der Waals surface area contributed by atoms with E-state index in [0.29, 0.717) is 19.3 Å². The standard InChI is InChI=1S/C77H136O6/c1-4-7-10-13-16-19-22-25-28-30-32-34-36-37-38-39-41-42-44-46-49-52-55-58-61-64-67-70-76(79)82-73-74(72-81-75(78)69-66-63-60-57-54-51-48-27-24-21-18-15-12-9-6-3)83-77(80)71-68-65-62-59-56-53-50-47-45-43-40-35-33-31-29-26-23-20-17-14-11-8-5-2/h7,10,16,18-19,21,25,27-28,32,34,37-38,48,74H,4-6,8-9,11-15,17,20,22-24,26,29-31,33,35-36,39-47,49-73H2,1-3H3/b10-7-,19-16-,21-18-,28-25-,34-32-,38-37-,48-27-. The monoisotopic (exact) mass is 1160 g/mol. The smallest absolute Gasteiger partial charge is 0.306 e. The van der Waals surface area contributed by atoms with Gasteiger partial charge in [0, 0.05) is 19.3 Å². The Bertz CT molecular complexity index is 1570. The molecule has 0 aromatic heterocycles. The van der Waals surface area contributed by atoms with E-state index >= 15 is 0 Å². The fraction of sp³-hybridized carbons (Fsp3) is 0.779. The highest BCUT2D eigenvalue weighted by Crippen LogP contribution is 2.18. The van der Waals surface area contributed by atoms with Gasteiger partial charge in [-0.2, -0.15) is 0 Å². The first kappa shape index (κ1) is 79.6. The lowest BCUT2D eigenvalue weighted by molar-refractivity contribution is -0.167. The number of ether oxygens (including phenoxy) is 3. The number of unbranched alkanes of at least 4 members (excludes halogenated alkanes) is 41. The molecule has 0 rings (SSSR count). The van der Waals surface area contributed by atoms with Crippen LogP contribution in [0, 0.1) is 0 Å². The first-order valence-corrected chi connectivity index (χ1v) is 36.1. The maximum atomic E-state index is 13.0. The number of hydrogen-bond acceptors (Lipinski definition) is 6. The molecule has 480 valence electrons. The molecule has 0 amide bonds. The molecule has 0 aliphatic rings. The molecule has 0 fully saturated rings. The third kappa shape index (κ3) is 69.3. The SMILES string of the molecule is CC/C=C\C/C=C\C/C=C\C/C=C\C/C=C\CCCCCCCCCCCCCC(=O)OCC(COC(=O)CCCCCCC/C=C\C/C=C\CCCCC)OC(=O)CCCCCCCCCCCCCCCCCCCCCCCCC. The van der Waals surface area contributed by atoms with Crippen molar-refractivity contribution in [2.24, 2.45) is 0 Å². The number of carbonyl (C=O) groups is 3. The highest BCUT2D eigenvalue weighted by molar-refractivity contribution is 5.71. The summed E-state index contributed by atoms with van der Waals surface area (Å²) in [6.45, 7) is 6.54. The Balaban J connectivity index is 4.30. The highest BCUT2D eigenvalue weighted by Gasteiger charge is 2.19. The Morgan fingerprint density at radius 2 is 0.470 bits per heavy atom. The normalized spacial score (nSPS) is 12.6. The first-order valence-electron chi connectivity index (χ1n) is 36.1. The van der Waals surface area contributed by atoms with Gasteiger partial charge in [0.15, 0.2) is 6.10 Å². The van der Waals surface area contributed by atoms with Gasteiger partial charge in [-0.1, -0.05) is 337 Å². The van der Waals surface area contributed by atoms with Crippen LogP contribution in [0.5, 0.6) is 0 Å². The topological polar surface area (TPSA) is 78.9 Å². The lowest BCUT2D eigenvalue weighted by atomic mass is 10.0. The lowest BCUT2D eigenvalue weighted by Crippen LogP contribution is -2.30. The van der Waals surface area contributed by atoms with Gasteiger partial charge in [-0.05, 0) is 96.3 Å². The van der Waals surface area contributed by atoms with Crippen LogP contribution in [0.15, 0.2) is 85.1 Å². The van der Waals surface area contributed by atoms with Crippen molar-refractivity contribution in [2.45, 2.75) is 374 Å². The lowest BCUT2D eigenvalue weighted by Gasteiger charge is -2.18. The molecule has 0 N–H and O–H groups in total. The zero-order chi connectivity index (χ0) is 59.9. The van der Waals surface area contributed by atoms with Crippen LogP contribution in [0.25, 0.3) is 0 Å². The van der Waals surface area contributed by atoms with E-state index in [0.717, 1.165) is 109 Å². The van der Waals surface area contributed by atoms with Crippen LogP contribution < -0.4 is 0 Å². The highest BCUT2D eigenvalue weighted by atomic mass is 16.6.